The summed E-state index contributed by atoms with van der Waals surface area (Å²) in [5.41, 5.74) is 0.879. The fraction of sp³-hybridized carbons (Fsp3) is 0.188. The minimum atomic E-state index is -1.02. The molecule has 0 saturated carbocycles. The summed E-state index contributed by atoms with van der Waals surface area (Å²) in [4.78, 5) is 12.9. The predicted octanol–water partition coefficient (Wildman–Crippen LogP) is 4.58. The van der Waals surface area contributed by atoms with Crippen LogP contribution in [-0.4, -0.2) is 17.8 Å². The van der Waals surface area contributed by atoms with Crippen molar-refractivity contribution in [1.82, 2.24) is 5.32 Å². The molecule has 1 amide bonds. The molecule has 4 nitrogen and oxygen atoms in total. The van der Waals surface area contributed by atoms with E-state index in [1.54, 1.807) is 11.8 Å². The number of hydrogen-bond donors (Lipinski definition) is 2. The molecule has 2 aromatic carbocycles. The average Bonchev–Trinajstić information content (AvgIpc) is 2.47. The Bertz CT molecular complexity index is 708. The highest BCUT2D eigenvalue weighted by Crippen LogP contribution is 2.37. The molecule has 22 heavy (non-hydrogen) atoms. The fourth-order valence-corrected chi connectivity index (χ4v) is 3.56. The lowest BCUT2D eigenvalue weighted by atomic mass is 10.0. The monoisotopic (exact) mass is 335 g/mol. The molecule has 1 aliphatic heterocycles. The van der Waals surface area contributed by atoms with Crippen molar-refractivity contribution in [2.24, 2.45) is 0 Å². The molecule has 114 valence electrons. The van der Waals surface area contributed by atoms with Gasteiger partial charge in [0.05, 0.1) is 12.6 Å². The molecule has 1 atom stereocenters. The van der Waals surface area contributed by atoms with E-state index in [9.17, 15) is 4.79 Å². The molecular formula is C16H14ClNO3S. The van der Waals surface area contributed by atoms with Crippen LogP contribution in [0.1, 0.15) is 18.0 Å². The van der Waals surface area contributed by atoms with E-state index in [1.807, 2.05) is 42.5 Å². The fourth-order valence-electron chi connectivity index (χ4n) is 2.40. The molecule has 3 rings (SSSR count). The highest BCUT2D eigenvalue weighted by molar-refractivity contribution is 7.99. The molecule has 2 N–H and O–H groups in total. The van der Waals surface area contributed by atoms with Gasteiger partial charge in [0.1, 0.15) is 5.75 Å². The molecule has 0 saturated heterocycles. The molecular weight excluding hydrogens is 322 g/mol. The molecule has 6 heteroatoms. The summed E-state index contributed by atoms with van der Waals surface area (Å²) in [5.74, 6) is 0.733. The van der Waals surface area contributed by atoms with Crippen molar-refractivity contribution in [3.05, 3.63) is 53.1 Å². The predicted molar refractivity (Wildman–Crippen MR) is 86.0 cm³/mol. The zero-order valence-electron chi connectivity index (χ0n) is 11.6. The Morgan fingerprint density at radius 3 is 2.86 bits per heavy atom. The van der Waals surface area contributed by atoms with Crippen molar-refractivity contribution in [2.45, 2.75) is 22.3 Å². The topological polar surface area (TPSA) is 58.6 Å². The van der Waals surface area contributed by atoms with Gasteiger partial charge in [-0.1, -0.05) is 35.5 Å². The van der Waals surface area contributed by atoms with Crippen LogP contribution in [0.5, 0.6) is 5.75 Å². The van der Waals surface area contributed by atoms with Crippen LogP contribution in [0.2, 0.25) is 5.02 Å². The standard InChI is InChI=1S/C16H14ClNO3S/c17-10-2-1-3-11(8-10)22-12-4-5-13-14(18-16(19)20)6-7-21-15(13)9-12/h1-5,8-9,14,18H,6-7H2,(H,19,20). The third kappa shape index (κ3) is 3.48. The molecule has 2 aromatic rings. The quantitative estimate of drug-likeness (QED) is 0.861. The van der Waals surface area contributed by atoms with Crippen LogP contribution in [0, 0.1) is 0 Å². The first-order valence-corrected chi connectivity index (χ1v) is 8.01. The van der Waals surface area contributed by atoms with Gasteiger partial charge in [0.15, 0.2) is 0 Å². The first-order valence-electron chi connectivity index (χ1n) is 6.81. The normalized spacial score (nSPS) is 16.5. The zero-order chi connectivity index (χ0) is 15.5. The number of ether oxygens (including phenoxy) is 1. The average molecular weight is 336 g/mol. The van der Waals surface area contributed by atoms with Crippen molar-refractivity contribution in [2.75, 3.05) is 6.61 Å². The molecule has 1 aliphatic rings. The van der Waals surface area contributed by atoms with Crippen LogP contribution < -0.4 is 10.1 Å². The van der Waals surface area contributed by atoms with Crippen LogP contribution in [-0.2, 0) is 0 Å². The number of carbonyl (C=O) groups is 1. The second kappa shape index (κ2) is 6.50. The highest BCUT2D eigenvalue weighted by Gasteiger charge is 2.23. The summed E-state index contributed by atoms with van der Waals surface area (Å²) in [6, 6.07) is 13.3. The Labute approximate surface area is 137 Å². The SMILES string of the molecule is O=C(O)NC1CCOc2cc(Sc3cccc(Cl)c3)ccc21. The Morgan fingerprint density at radius 1 is 1.27 bits per heavy atom. The lowest BCUT2D eigenvalue weighted by molar-refractivity contribution is 0.182. The first kappa shape index (κ1) is 15.1. The number of hydrogen-bond acceptors (Lipinski definition) is 3. The van der Waals surface area contributed by atoms with E-state index in [0.29, 0.717) is 18.1 Å². The van der Waals surface area contributed by atoms with E-state index in [-0.39, 0.29) is 6.04 Å². The summed E-state index contributed by atoms with van der Waals surface area (Å²) in [7, 11) is 0. The highest BCUT2D eigenvalue weighted by atomic mass is 35.5. The summed E-state index contributed by atoms with van der Waals surface area (Å²) in [6.45, 7) is 0.503. The van der Waals surface area contributed by atoms with Gasteiger partial charge in [0.2, 0.25) is 0 Å². The van der Waals surface area contributed by atoms with E-state index in [1.165, 1.54) is 0 Å². The Balaban J connectivity index is 1.83. The molecule has 0 bridgehead atoms. The summed E-state index contributed by atoms with van der Waals surface area (Å²) in [6.07, 6.45) is -0.379. The number of carboxylic acid groups (broad SMARTS) is 1. The largest absolute Gasteiger partial charge is 0.493 e. The van der Waals surface area contributed by atoms with Gasteiger partial charge in [-0.05, 0) is 30.3 Å². The number of rotatable bonds is 3. The molecule has 1 unspecified atom stereocenters. The zero-order valence-corrected chi connectivity index (χ0v) is 13.2. The lowest BCUT2D eigenvalue weighted by Gasteiger charge is -2.26. The van der Waals surface area contributed by atoms with Gasteiger partial charge in [-0.15, -0.1) is 0 Å². The third-order valence-corrected chi connectivity index (χ3v) is 4.57. The Kier molecular flexibility index (Phi) is 4.45. The van der Waals surface area contributed by atoms with Crippen LogP contribution in [0.3, 0.4) is 0 Å². The van der Waals surface area contributed by atoms with Crippen molar-refractivity contribution in [1.29, 1.82) is 0 Å². The van der Waals surface area contributed by atoms with Crippen molar-refractivity contribution in [3.8, 4) is 5.75 Å². The van der Waals surface area contributed by atoms with Gasteiger partial charge in [0.25, 0.3) is 0 Å². The minimum Gasteiger partial charge on any atom is -0.493 e. The van der Waals surface area contributed by atoms with E-state index in [2.05, 4.69) is 5.32 Å². The molecule has 0 spiro atoms. The first-order chi connectivity index (χ1) is 10.6. The van der Waals surface area contributed by atoms with E-state index >= 15 is 0 Å². The number of amides is 1. The van der Waals surface area contributed by atoms with E-state index in [4.69, 9.17) is 21.4 Å². The van der Waals surface area contributed by atoms with E-state index < -0.39 is 6.09 Å². The summed E-state index contributed by atoms with van der Waals surface area (Å²) in [5, 5.41) is 12.1. The van der Waals surface area contributed by atoms with Gasteiger partial charge in [-0.3, -0.25) is 0 Å². The maximum absolute atomic E-state index is 10.8. The van der Waals surface area contributed by atoms with Crippen molar-refractivity contribution < 1.29 is 14.6 Å². The maximum atomic E-state index is 10.8. The summed E-state index contributed by atoms with van der Waals surface area (Å²) >= 11 is 7.58. The van der Waals surface area contributed by atoms with Crippen LogP contribution >= 0.6 is 23.4 Å². The molecule has 0 radical (unpaired) electrons. The molecule has 0 fully saturated rings. The molecule has 0 aliphatic carbocycles. The van der Waals surface area contributed by atoms with Gasteiger partial charge < -0.3 is 15.2 Å². The smallest absolute Gasteiger partial charge is 0.405 e. The summed E-state index contributed by atoms with van der Waals surface area (Å²) < 4.78 is 5.67. The van der Waals surface area contributed by atoms with Gasteiger partial charge in [-0.25, -0.2) is 4.79 Å². The molecule has 0 aromatic heterocycles. The minimum absolute atomic E-state index is 0.216. The van der Waals surface area contributed by atoms with E-state index in [0.717, 1.165) is 21.1 Å². The number of nitrogens with one attached hydrogen (secondary N) is 1. The van der Waals surface area contributed by atoms with Crippen LogP contribution in [0.4, 0.5) is 4.79 Å². The number of fused-ring (bicyclic) bond motifs is 1. The van der Waals surface area contributed by atoms with Crippen LogP contribution in [0.25, 0.3) is 0 Å². The van der Waals surface area contributed by atoms with Gasteiger partial charge >= 0.3 is 6.09 Å². The number of benzene rings is 2. The Hall–Kier alpha value is -1.85. The number of halogens is 1. The maximum Gasteiger partial charge on any atom is 0.405 e. The lowest BCUT2D eigenvalue weighted by Crippen LogP contribution is -2.30. The van der Waals surface area contributed by atoms with Crippen LogP contribution in [0.15, 0.2) is 52.3 Å². The van der Waals surface area contributed by atoms with Crippen molar-refractivity contribution >= 4 is 29.5 Å². The Morgan fingerprint density at radius 2 is 2.09 bits per heavy atom. The van der Waals surface area contributed by atoms with Gasteiger partial charge in [0, 0.05) is 26.8 Å². The molecule has 1 heterocycles. The second-order valence-electron chi connectivity index (χ2n) is 4.90. The second-order valence-corrected chi connectivity index (χ2v) is 6.48. The van der Waals surface area contributed by atoms with Gasteiger partial charge in [-0.2, -0.15) is 0 Å². The van der Waals surface area contributed by atoms with Crippen molar-refractivity contribution in [3.63, 3.8) is 0 Å². The third-order valence-electron chi connectivity index (χ3n) is 3.35.